The number of allylic oxidation sites excluding steroid dienone is 1. The van der Waals surface area contributed by atoms with Crippen molar-refractivity contribution in [3.63, 3.8) is 0 Å². The van der Waals surface area contributed by atoms with Gasteiger partial charge >= 0.3 is 0 Å². The molecular formula is C23H26N2O2. The van der Waals surface area contributed by atoms with Crippen molar-refractivity contribution in [2.75, 3.05) is 5.32 Å². The average molecular weight is 362 g/mol. The van der Waals surface area contributed by atoms with E-state index in [2.05, 4.69) is 31.1 Å². The first kappa shape index (κ1) is 19.1. The Labute approximate surface area is 160 Å². The minimum atomic E-state index is -0.705. The number of rotatable bonds is 3. The van der Waals surface area contributed by atoms with E-state index in [4.69, 9.17) is 0 Å². The molecular weight excluding hydrogens is 336 g/mol. The molecule has 1 amide bonds. The Kier molecular flexibility index (Phi) is 5.29. The number of amides is 1. The second-order valence-electron chi connectivity index (χ2n) is 7.93. The molecule has 2 aromatic rings. The Morgan fingerprint density at radius 1 is 1.15 bits per heavy atom. The zero-order valence-electron chi connectivity index (χ0n) is 16.3. The van der Waals surface area contributed by atoms with Gasteiger partial charge in [0, 0.05) is 23.9 Å². The number of aliphatic imine (C=N–C) groups is 1. The fourth-order valence-electron chi connectivity index (χ4n) is 3.18. The van der Waals surface area contributed by atoms with Crippen molar-refractivity contribution in [1.29, 1.82) is 0 Å². The lowest BCUT2D eigenvalue weighted by Gasteiger charge is -2.19. The third-order valence-corrected chi connectivity index (χ3v) is 4.88. The highest BCUT2D eigenvalue weighted by Crippen LogP contribution is 2.30. The normalized spacial score (nSPS) is 16.8. The van der Waals surface area contributed by atoms with Gasteiger partial charge in [-0.05, 0) is 58.9 Å². The number of nitrogens with zero attached hydrogens (tertiary/aromatic N) is 1. The maximum atomic E-state index is 12.7. The van der Waals surface area contributed by atoms with Crippen LogP contribution < -0.4 is 5.32 Å². The van der Waals surface area contributed by atoms with E-state index in [0.717, 1.165) is 22.4 Å². The number of benzene rings is 2. The molecule has 2 aromatic carbocycles. The highest BCUT2D eigenvalue weighted by Gasteiger charge is 2.17. The van der Waals surface area contributed by atoms with Crippen molar-refractivity contribution in [1.82, 2.24) is 0 Å². The minimum Gasteiger partial charge on any atom is -0.371 e. The Morgan fingerprint density at radius 2 is 1.85 bits per heavy atom. The highest BCUT2D eigenvalue weighted by molar-refractivity contribution is 6.05. The number of dihydropyridines is 1. The minimum absolute atomic E-state index is 0.0571. The summed E-state index contributed by atoms with van der Waals surface area (Å²) in [7, 11) is 0. The lowest BCUT2D eigenvalue weighted by Crippen LogP contribution is -2.15. The van der Waals surface area contributed by atoms with Crippen LogP contribution in [0.2, 0.25) is 0 Å². The highest BCUT2D eigenvalue weighted by atomic mass is 16.3. The molecule has 0 saturated carbocycles. The van der Waals surface area contributed by atoms with Gasteiger partial charge in [-0.25, -0.2) is 0 Å². The predicted octanol–water partition coefficient (Wildman–Crippen LogP) is 4.72. The summed E-state index contributed by atoms with van der Waals surface area (Å²) in [6.45, 7) is 8.43. The molecule has 1 aliphatic rings. The number of nitrogens with one attached hydrogen (secondary N) is 1. The summed E-state index contributed by atoms with van der Waals surface area (Å²) < 4.78 is 0. The average Bonchev–Trinajstić information content (AvgIpc) is 2.63. The molecule has 1 aliphatic heterocycles. The molecule has 2 N–H and O–H groups in total. The van der Waals surface area contributed by atoms with E-state index in [0.29, 0.717) is 12.0 Å². The van der Waals surface area contributed by atoms with Gasteiger partial charge in [0.2, 0.25) is 0 Å². The van der Waals surface area contributed by atoms with Crippen molar-refractivity contribution in [3.8, 4) is 0 Å². The number of carbonyl (C=O) groups is 1. The summed E-state index contributed by atoms with van der Waals surface area (Å²) in [4.78, 5) is 16.6. The smallest absolute Gasteiger partial charge is 0.255 e. The van der Waals surface area contributed by atoms with Crippen LogP contribution in [0.3, 0.4) is 0 Å². The summed E-state index contributed by atoms with van der Waals surface area (Å²) >= 11 is 0. The third kappa shape index (κ3) is 4.34. The molecule has 0 fully saturated rings. The van der Waals surface area contributed by atoms with Crippen LogP contribution >= 0.6 is 0 Å². The van der Waals surface area contributed by atoms with E-state index in [1.807, 2.05) is 55.5 Å². The van der Waals surface area contributed by atoms with E-state index in [9.17, 15) is 9.90 Å². The fraction of sp³-hybridized carbons (Fsp3) is 0.304. The largest absolute Gasteiger partial charge is 0.371 e. The molecule has 0 saturated heterocycles. The van der Waals surface area contributed by atoms with Crippen LogP contribution in [0.4, 0.5) is 5.69 Å². The molecule has 0 radical (unpaired) electrons. The van der Waals surface area contributed by atoms with Crippen LogP contribution in [0, 0.1) is 6.92 Å². The Bertz CT molecular complexity index is 903. The van der Waals surface area contributed by atoms with Gasteiger partial charge < -0.3 is 10.4 Å². The van der Waals surface area contributed by atoms with Crippen LogP contribution in [0.25, 0.3) is 5.57 Å². The standard InChI is InChI=1S/C23H26N2O2/c1-15-19(17-12-13-24-21(26)14-17)6-5-7-20(15)25-22(27)16-8-10-18(11-9-16)23(2,3)4/h5-13,21,26H,14H2,1-4H3,(H,25,27). The molecule has 4 nitrogen and oxygen atoms in total. The summed E-state index contributed by atoms with van der Waals surface area (Å²) in [5.74, 6) is -0.130. The third-order valence-electron chi connectivity index (χ3n) is 4.88. The second kappa shape index (κ2) is 7.49. The fourth-order valence-corrected chi connectivity index (χ4v) is 3.18. The topological polar surface area (TPSA) is 61.7 Å². The first-order valence-corrected chi connectivity index (χ1v) is 9.18. The molecule has 140 valence electrons. The molecule has 0 spiro atoms. The Hall–Kier alpha value is -2.72. The number of carbonyl (C=O) groups excluding carboxylic acids is 1. The monoisotopic (exact) mass is 362 g/mol. The van der Waals surface area contributed by atoms with Gasteiger partial charge in [0.15, 0.2) is 0 Å². The van der Waals surface area contributed by atoms with E-state index in [-0.39, 0.29) is 11.3 Å². The zero-order valence-corrected chi connectivity index (χ0v) is 16.3. The predicted molar refractivity (Wildman–Crippen MR) is 111 cm³/mol. The Balaban J connectivity index is 1.82. The molecule has 1 atom stereocenters. The van der Waals surface area contributed by atoms with E-state index in [1.165, 1.54) is 5.56 Å². The van der Waals surface area contributed by atoms with Gasteiger partial charge in [0.1, 0.15) is 6.23 Å². The van der Waals surface area contributed by atoms with Crippen molar-refractivity contribution in [3.05, 3.63) is 70.8 Å². The van der Waals surface area contributed by atoms with Crippen LogP contribution in [0.5, 0.6) is 0 Å². The molecule has 1 unspecified atom stereocenters. The molecule has 4 heteroatoms. The van der Waals surface area contributed by atoms with Crippen molar-refractivity contribution >= 4 is 23.4 Å². The number of aliphatic hydroxyl groups excluding tert-OH is 1. The van der Waals surface area contributed by atoms with Crippen molar-refractivity contribution in [2.45, 2.75) is 45.8 Å². The van der Waals surface area contributed by atoms with E-state index in [1.54, 1.807) is 6.21 Å². The molecule has 0 aromatic heterocycles. The van der Waals surface area contributed by atoms with Gasteiger partial charge in [0.25, 0.3) is 5.91 Å². The zero-order chi connectivity index (χ0) is 19.6. The maximum Gasteiger partial charge on any atom is 0.255 e. The van der Waals surface area contributed by atoms with Crippen molar-refractivity contribution in [2.24, 2.45) is 4.99 Å². The van der Waals surface area contributed by atoms with Gasteiger partial charge in [-0.3, -0.25) is 9.79 Å². The van der Waals surface area contributed by atoms with E-state index >= 15 is 0 Å². The van der Waals surface area contributed by atoms with Gasteiger partial charge in [0.05, 0.1) is 0 Å². The Morgan fingerprint density at radius 3 is 2.48 bits per heavy atom. The van der Waals surface area contributed by atoms with Crippen LogP contribution in [0.15, 0.2) is 53.5 Å². The van der Waals surface area contributed by atoms with Crippen LogP contribution in [-0.2, 0) is 5.41 Å². The van der Waals surface area contributed by atoms with Crippen LogP contribution in [0.1, 0.15) is 54.2 Å². The molecule has 1 heterocycles. The maximum absolute atomic E-state index is 12.7. The number of hydrogen-bond donors (Lipinski definition) is 2. The molecule has 0 aliphatic carbocycles. The van der Waals surface area contributed by atoms with Crippen molar-refractivity contribution < 1.29 is 9.90 Å². The first-order valence-electron chi connectivity index (χ1n) is 9.18. The summed E-state index contributed by atoms with van der Waals surface area (Å²) in [5.41, 5.74) is 5.67. The lowest BCUT2D eigenvalue weighted by atomic mass is 9.86. The molecule has 0 bridgehead atoms. The molecule has 27 heavy (non-hydrogen) atoms. The summed E-state index contributed by atoms with van der Waals surface area (Å²) in [6, 6.07) is 13.6. The number of aliphatic hydroxyl groups is 1. The van der Waals surface area contributed by atoms with E-state index < -0.39 is 6.23 Å². The quantitative estimate of drug-likeness (QED) is 0.830. The molecule has 3 rings (SSSR count). The summed E-state index contributed by atoms with van der Waals surface area (Å²) in [6.07, 6.45) is 3.31. The van der Waals surface area contributed by atoms with Crippen LogP contribution in [-0.4, -0.2) is 23.5 Å². The number of anilines is 1. The number of hydrogen-bond acceptors (Lipinski definition) is 3. The van der Waals surface area contributed by atoms with Gasteiger partial charge in [-0.2, -0.15) is 0 Å². The second-order valence-corrected chi connectivity index (χ2v) is 7.93. The SMILES string of the molecule is Cc1c(NC(=O)c2ccc(C(C)(C)C)cc2)cccc1C1=CC=NC(O)C1. The van der Waals surface area contributed by atoms with Gasteiger partial charge in [-0.15, -0.1) is 0 Å². The van der Waals surface area contributed by atoms with Gasteiger partial charge in [-0.1, -0.05) is 45.0 Å². The lowest BCUT2D eigenvalue weighted by molar-refractivity contribution is 0.102. The first-order chi connectivity index (χ1) is 12.8. The summed E-state index contributed by atoms with van der Waals surface area (Å²) in [5, 5.41) is 12.8.